The SMILES string of the molecule is CN=C(NCCCN1CCCCC1C)NCC1(N2CCCCC2)CCN(C)CC1.I. The van der Waals surface area contributed by atoms with Crippen LogP contribution in [0, 0.1) is 0 Å². The first-order chi connectivity index (χ1) is 14.1. The summed E-state index contributed by atoms with van der Waals surface area (Å²) >= 11 is 0. The van der Waals surface area contributed by atoms with Gasteiger partial charge in [-0.3, -0.25) is 9.89 Å². The smallest absolute Gasteiger partial charge is 0.191 e. The first-order valence-corrected chi connectivity index (χ1v) is 12.3. The average Bonchev–Trinajstić information content (AvgIpc) is 2.76. The number of halogens is 1. The topological polar surface area (TPSA) is 46.1 Å². The first kappa shape index (κ1) is 26.1. The van der Waals surface area contributed by atoms with E-state index in [4.69, 9.17) is 0 Å². The predicted octanol–water partition coefficient (Wildman–Crippen LogP) is 2.98. The number of nitrogens with zero attached hydrogens (tertiary/aromatic N) is 4. The molecule has 6 nitrogen and oxygen atoms in total. The fraction of sp³-hybridized carbons (Fsp3) is 0.957. The quantitative estimate of drug-likeness (QED) is 0.228. The van der Waals surface area contributed by atoms with Gasteiger partial charge < -0.3 is 20.4 Å². The van der Waals surface area contributed by atoms with Crippen molar-refractivity contribution in [3.8, 4) is 0 Å². The molecule has 0 radical (unpaired) electrons. The molecule has 0 saturated carbocycles. The Labute approximate surface area is 202 Å². The number of likely N-dealkylation sites (tertiary alicyclic amines) is 3. The Morgan fingerprint density at radius 3 is 2.33 bits per heavy atom. The minimum Gasteiger partial charge on any atom is -0.356 e. The molecule has 0 aromatic rings. The van der Waals surface area contributed by atoms with Crippen LogP contribution in [0.3, 0.4) is 0 Å². The molecule has 0 aromatic carbocycles. The van der Waals surface area contributed by atoms with Gasteiger partial charge in [0.2, 0.25) is 0 Å². The van der Waals surface area contributed by atoms with Gasteiger partial charge in [0.25, 0.3) is 0 Å². The zero-order valence-electron chi connectivity index (χ0n) is 19.8. The van der Waals surface area contributed by atoms with Gasteiger partial charge in [0.15, 0.2) is 5.96 Å². The average molecular weight is 535 g/mol. The molecular formula is C23H47IN6. The van der Waals surface area contributed by atoms with Crippen molar-refractivity contribution >= 4 is 29.9 Å². The lowest BCUT2D eigenvalue weighted by molar-refractivity contribution is 0.0173. The van der Waals surface area contributed by atoms with Crippen LogP contribution in [0.5, 0.6) is 0 Å². The third-order valence-corrected chi connectivity index (χ3v) is 7.61. The normalized spacial score (nSPS) is 26.8. The lowest BCUT2D eigenvalue weighted by atomic mass is 9.84. The van der Waals surface area contributed by atoms with E-state index in [1.165, 1.54) is 97.1 Å². The summed E-state index contributed by atoms with van der Waals surface area (Å²) < 4.78 is 0. The zero-order valence-corrected chi connectivity index (χ0v) is 22.1. The lowest BCUT2D eigenvalue weighted by Gasteiger charge is -2.50. The predicted molar refractivity (Wildman–Crippen MR) is 139 cm³/mol. The highest BCUT2D eigenvalue weighted by atomic mass is 127. The summed E-state index contributed by atoms with van der Waals surface area (Å²) in [5.41, 5.74) is 0.299. The minimum atomic E-state index is 0. The van der Waals surface area contributed by atoms with E-state index in [2.05, 4.69) is 44.3 Å². The molecule has 3 aliphatic heterocycles. The van der Waals surface area contributed by atoms with Crippen LogP contribution in [-0.2, 0) is 0 Å². The standard InChI is InChI=1S/C23H46N6.HI/c1-21-10-5-8-14-28(21)15-9-13-25-22(24-2)26-20-23(11-18-27(3)19-12-23)29-16-6-4-7-17-29;/h21H,4-20H2,1-3H3,(H2,24,25,26);1H. The molecule has 0 amide bonds. The molecule has 176 valence electrons. The molecule has 3 aliphatic rings. The summed E-state index contributed by atoms with van der Waals surface area (Å²) in [5.74, 6) is 0.979. The van der Waals surface area contributed by atoms with E-state index in [1.807, 2.05) is 7.05 Å². The van der Waals surface area contributed by atoms with Gasteiger partial charge in [0.05, 0.1) is 0 Å². The van der Waals surface area contributed by atoms with Gasteiger partial charge in [-0.05, 0) is 91.6 Å². The fourth-order valence-electron chi connectivity index (χ4n) is 5.46. The van der Waals surface area contributed by atoms with Crippen LogP contribution in [-0.4, -0.2) is 98.7 Å². The third-order valence-electron chi connectivity index (χ3n) is 7.61. The third kappa shape index (κ3) is 7.48. The number of guanidine groups is 1. The molecule has 30 heavy (non-hydrogen) atoms. The molecule has 3 rings (SSSR count). The van der Waals surface area contributed by atoms with E-state index >= 15 is 0 Å². The van der Waals surface area contributed by atoms with Gasteiger partial charge in [0.1, 0.15) is 0 Å². The Morgan fingerprint density at radius 1 is 0.967 bits per heavy atom. The summed E-state index contributed by atoms with van der Waals surface area (Å²) in [6.07, 6.45) is 12.0. The van der Waals surface area contributed by atoms with E-state index in [-0.39, 0.29) is 24.0 Å². The van der Waals surface area contributed by atoms with E-state index in [9.17, 15) is 0 Å². The lowest BCUT2D eigenvalue weighted by Crippen LogP contribution is -2.62. The second-order valence-electron chi connectivity index (χ2n) is 9.66. The van der Waals surface area contributed by atoms with Gasteiger partial charge in [0, 0.05) is 38.3 Å². The monoisotopic (exact) mass is 534 g/mol. The second-order valence-corrected chi connectivity index (χ2v) is 9.66. The van der Waals surface area contributed by atoms with Gasteiger partial charge in [-0.15, -0.1) is 24.0 Å². The van der Waals surface area contributed by atoms with E-state index in [0.29, 0.717) is 5.54 Å². The maximum Gasteiger partial charge on any atom is 0.191 e. The molecule has 0 bridgehead atoms. The summed E-state index contributed by atoms with van der Waals surface area (Å²) in [4.78, 5) is 12.4. The summed E-state index contributed by atoms with van der Waals surface area (Å²) in [5, 5.41) is 7.28. The molecule has 3 heterocycles. The highest BCUT2D eigenvalue weighted by Crippen LogP contribution is 2.30. The first-order valence-electron chi connectivity index (χ1n) is 12.3. The van der Waals surface area contributed by atoms with Crippen LogP contribution in [0.2, 0.25) is 0 Å². The van der Waals surface area contributed by atoms with E-state index < -0.39 is 0 Å². The largest absolute Gasteiger partial charge is 0.356 e. The Hall–Kier alpha value is -0.120. The van der Waals surface area contributed by atoms with Crippen LogP contribution < -0.4 is 10.6 Å². The molecule has 7 heteroatoms. The number of aliphatic imine (C=N–C) groups is 1. The van der Waals surface area contributed by atoms with E-state index in [0.717, 1.165) is 25.1 Å². The summed E-state index contributed by atoms with van der Waals surface area (Å²) in [6, 6.07) is 0.759. The molecular weight excluding hydrogens is 487 g/mol. The van der Waals surface area contributed by atoms with Crippen molar-refractivity contribution < 1.29 is 0 Å². The summed E-state index contributed by atoms with van der Waals surface area (Å²) in [7, 11) is 4.17. The van der Waals surface area contributed by atoms with Crippen LogP contribution in [0.25, 0.3) is 0 Å². The highest BCUT2D eigenvalue weighted by molar-refractivity contribution is 14.0. The molecule has 3 saturated heterocycles. The van der Waals surface area contributed by atoms with E-state index in [1.54, 1.807) is 0 Å². The molecule has 0 aliphatic carbocycles. The number of hydrogen-bond acceptors (Lipinski definition) is 4. The second kappa shape index (κ2) is 13.4. The van der Waals surface area contributed by atoms with Crippen molar-refractivity contribution in [1.29, 1.82) is 0 Å². The van der Waals surface area contributed by atoms with Crippen molar-refractivity contribution in [3.63, 3.8) is 0 Å². The van der Waals surface area contributed by atoms with Crippen molar-refractivity contribution in [2.24, 2.45) is 4.99 Å². The van der Waals surface area contributed by atoms with Crippen molar-refractivity contribution in [2.45, 2.75) is 76.3 Å². The van der Waals surface area contributed by atoms with Gasteiger partial charge >= 0.3 is 0 Å². The number of hydrogen-bond donors (Lipinski definition) is 2. The summed E-state index contributed by atoms with van der Waals surface area (Å²) in [6.45, 7) is 11.8. The number of piperidine rings is 3. The Kier molecular flexibility index (Phi) is 11.7. The van der Waals surface area contributed by atoms with Gasteiger partial charge in [-0.2, -0.15) is 0 Å². The zero-order chi connectivity index (χ0) is 20.5. The van der Waals surface area contributed by atoms with Crippen LogP contribution in [0.1, 0.15) is 64.7 Å². The molecule has 0 aromatic heterocycles. The highest BCUT2D eigenvalue weighted by Gasteiger charge is 2.39. The fourth-order valence-corrected chi connectivity index (χ4v) is 5.46. The van der Waals surface area contributed by atoms with Gasteiger partial charge in [-0.25, -0.2) is 0 Å². The Bertz CT molecular complexity index is 500. The minimum absolute atomic E-state index is 0. The molecule has 0 spiro atoms. The Morgan fingerprint density at radius 2 is 1.67 bits per heavy atom. The maximum absolute atomic E-state index is 4.51. The molecule has 1 atom stereocenters. The number of nitrogens with one attached hydrogen (secondary N) is 2. The van der Waals surface area contributed by atoms with Crippen molar-refractivity contribution in [1.82, 2.24) is 25.3 Å². The molecule has 3 fully saturated rings. The van der Waals surface area contributed by atoms with Crippen molar-refractivity contribution in [3.05, 3.63) is 0 Å². The van der Waals surface area contributed by atoms with Crippen LogP contribution in [0.4, 0.5) is 0 Å². The Balaban J connectivity index is 0.00000320. The van der Waals surface area contributed by atoms with Crippen LogP contribution in [0.15, 0.2) is 4.99 Å². The van der Waals surface area contributed by atoms with Crippen molar-refractivity contribution in [2.75, 3.05) is 66.5 Å². The van der Waals surface area contributed by atoms with Gasteiger partial charge in [-0.1, -0.05) is 12.8 Å². The van der Waals surface area contributed by atoms with Crippen LogP contribution >= 0.6 is 24.0 Å². The molecule has 1 unspecified atom stereocenters. The molecule has 2 N–H and O–H groups in total. The maximum atomic E-state index is 4.51. The number of rotatable bonds is 7.